The lowest BCUT2D eigenvalue weighted by molar-refractivity contribution is 0.0697. The summed E-state index contributed by atoms with van der Waals surface area (Å²) in [5.41, 5.74) is 1.47. The molecule has 1 aromatic rings. The van der Waals surface area contributed by atoms with Crippen molar-refractivity contribution in [1.82, 2.24) is 0 Å². The first-order valence-corrected chi connectivity index (χ1v) is 7.31. The van der Waals surface area contributed by atoms with Crippen LogP contribution in [0.5, 0.6) is 0 Å². The van der Waals surface area contributed by atoms with Crippen LogP contribution in [0.1, 0.15) is 30.6 Å². The molecule has 0 saturated heterocycles. The molecule has 0 bridgehead atoms. The molecule has 0 fully saturated rings. The van der Waals surface area contributed by atoms with Crippen LogP contribution in [-0.4, -0.2) is 29.9 Å². The minimum Gasteiger partial charge on any atom is -0.478 e. The van der Waals surface area contributed by atoms with E-state index >= 15 is 0 Å². The van der Waals surface area contributed by atoms with Crippen LogP contribution in [0.3, 0.4) is 0 Å². The van der Waals surface area contributed by atoms with Gasteiger partial charge < -0.3 is 10.0 Å². The van der Waals surface area contributed by atoms with Crippen molar-refractivity contribution in [2.75, 3.05) is 23.7 Å². The standard InChI is InChI=1S/C14H19NO2S/c1-10(2)5-6-15-7-8-18-13-4-3-11(14(16)17)9-12(13)15/h3-4,9-10H,5-8H2,1-2H3,(H,16,17). The molecule has 0 saturated carbocycles. The largest absolute Gasteiger partial charge is 0.478 e. The molecule has 0 unspecified atom stereocenters. The fourth-order valence-electron chi connectivity index (χ4n) is 2.05. The second-order valence-corrected chi connectivity index (χ2v) is 6.14. The molecule has 0 amide bonds. The molecule has 1 aliphatic rings. The van der Waals surface area contributed by atoms with E-state index in [1.54, 1.807) is 6.07 Å². The molecule has 0 spiro atoms. The Morgan fingerprint density at radius 2 is 2.28 bits per heavy atom. The summed E-state index contributed by atoms with van der Waals surface area (Å²) in [4.78, 5) is 14.6. The third kappa shape index (κ3) is 2.99. The Morgan fingerprint density at radius 1 is 1.50 bits per heavy atom. The molecule has 18 heavy (non-hydrogen) atoms. The number of carbonyl (C=O) groups is 1. The highest BCUT2D eigenvalue weighted by atomic mass is 32.2. The van der Waals surface area contributed by atoms with Gasteiger partial charge in [-0.15, -0.1) is 11.8 Å². The van der Waals surface area contributed by atoms with E-state index in [0.29, 0.717) is 11.5 Å². The number of hydrogen-bond acceptors (Lipinski definition) is 3. The van der Waals surface area contributed by atoms with Crippen molar-refractivity contribution in [3.63, 3.8) is 0 Å². The predicted octanol–water partition coefficient (Wildman–Crippen LogP) is 3.34. The SMILES string of the molecule is CC(C)CCN1CCSc2ccc(C(=O)O)cc21. The molecule has 0 radical (unpaired) electrons. The van der Waals surface area contributed by atoms with Crippen LogP contribution in [0.15, 0.2) is 23.1 Å². The van der Waals surface area contributed by atoms with Crippen LogP contribution in [0, 0.1) is 5.92 Å². The van der Waals surface area contributed by atoms with Gasteiger partial charge in [0.1, 0.15) is 0 Å². The normalized spacial score (nSPS) is 14.7. The quantitative estimate of drug-likeness (QED) is 0.906. The molecule has 0 atom stereocenters. The van der Waals surface area contributed by atoms with Crippen molar-refractivity contribution >= 4 is 23.4 Å². The maximum absolute atomic E-state index is 11.0. The lowest BCUT2D eigenvalue weighted by atomic mass is 10.1. The monoisotopic (exact) mass is 265 g/mol. The summed E-state index contributed by atoms with van der Waals surface area (Å²) in [6.45, 7) is 6.45. The number of benzene rings is 1. The van der Waals surface area contributed by atoms with Gasteiger partial charge in [-0.05, 0) is 30.5 Å². The Bertz CT molecular complexity index is 445. The lowest BCUT2D eigenvalue weighted by Gasteiger charge is -2.31. The molecule has 98 valence electrons. The number of carboxylic acid groups (broad SMARTS) is 1. The Hall–Kier alpha value is -1.16. The summed E-state index contributed by atoms with van der Waals surface area (Å²) in [6.07, 6.45) is 1.14. The minimum atomic E-state index is -0.850. The molecule has 2 rings (SSSR count). The van der Waals surface area contributed by atoms with E-state index in [4.69, 9.17) is 5.11 Å². The average Bonchev–Trinajstić information content (AvgIpc) is 2.35. The Balaban J connectivity index is 2.23. The van der Waals surface area contributed by atoms with Crippen molar-refractivity contribution in [1.29, 1.82) is 0 Å². The third-order valence-electron chi connectivity index (χ3n) is 3.14. The van der Waals surface area contributed by atoms with Gasteiger partial charge in [-0.2, -0.15) is 0 Å². The number of hydrogen-bond donors (Lipinski definition) is 1. The molecular formula is C14H19NO2S. The smallest absolute Gasteiger partial charge is 0.335 e. The fraction of sp³-hybridized carbons (Fsp3) is 0.500. The van der Waals surface area contributed by atoms with Gasteiger partial charge in [0.05, 0.1) is 11.3 Å². The topological polar surface area (TPSA) is 40.5 Å². The number of fused-ring (bicyclic) bond motifs is 1. The molecule has 1 aliphatic heterocycles. The zero-order valence-electron chi connectivity index (χ0n) is 10.8. The van der Waals surface area contributed by atoms with Gasteiger partial charge in [-0.1, -0.05) is 13.8 Å². The van der Waals surface area contributed by atoms with Crippen molar-refractivity contribution in [3.05, 3.63) is 23.8 Å². The van der Waals surface area contributed by atoms with Crippen molar-refractivity contribution in [3.8, 4) is 0 Å². The minimum absolute atomic E-state index is 0.380. The first-order valence-electron chi connectivity index (χ1n) is 6.33. The van der Waals surface area contributed by atoms with Crippen LogP contribution >= 0.6 is 11.8 Å². The number of carboxylic acids is 1. The maximum Gasteiger partial charge on any atom is 0.335 e. The molecule has 1 aromatic carbocycles. The summed E-state index contributed by atoms with van der Waals surface area (Å²) in [6, 6.07) is 5.44. The number of rotatable bonds is 4. The third-order valence-corrected chi connectivity index (χ3v) is 4.18. The van der Waals surface area contributed by atoms with Crippen LogP contribution in [-0.2, 0) is 0 Å². The van der Waals surface area contributed by atoms with E-state index in [1.165, 1.54) is 4.90 Å². The molecule has 3 nitrogen and oxygen atoms in total. The summed E-state index contributed by atoms with van der Waals surface area (Å²) >= 11 is 1.81. The van der Waals surface area contributed by atoms with E-state index in [-0.39, 0.29) is 0 Å². The van der Waals surface area contributed by atoms with Crippen molar-refractivity contribution < 1.29 is 9.90 Å². The van der Waals surface area contributed by atoms with Gasteiger partial charge in [-0.25, -0.2) is 4.79 Å². The zero-order chi connectivity index (χ0) is 13.1. The van der Waals surface area contributed by atoms with Crippen molar-refractivity contribution in [2.24, 2.45) is 5.92 Å². The summed E-state index contributed by atoms with van der Waals surface area (Å²) in [5.74, 6) is 0.903. The molecular weight excluding hydrogens is 246 g/mol. The molecule has 0 aliphatic carbocycles. The molecule has 0 aromatic heterocycles. The molecule has 1 N–H and O–H groups in total. The van der Waals surface area contributed by atoms with Crippen LogP contribution in [0.25, 0.3) is 0 Å². The fourth-order valence-corrected chi connectivity index (χ4v) is 3.08. The van der Waals surface area contributed by atoms with Gasteiger partial charge in [-0.3, -0.25) is 0 Å². The first kappa shape index (κ1) is 13.3. The maximum atomic E-state index is 11.0. The van der Waals surface area contributed by atoms with Gasteiger partial charge in [0.2, 0.25) is 0 Å². The zero-order valence-corrected chi connectivity index (χ0v) is 11.7. The number of thioether (sulfide) groups is 1. The number of anilines is 1. The molecule has 4 heteroatoms. The van der Waals surface area contributed by atoms with Crippen molar-refractivity contribution in [2.45, 2.75) is 25.2 Å². The van der Waals surface area contributed by atoms with Crippen LogP contribution < -0.4 is 4.90 Å². The second kappa shape index (κ2) is 5.65. The highest BCUT2D eigenvalue weighted by Crippen LogP contribution is 2.35. The summed E-state index contributed by atoms with van der Waals surface area (Å²) in [5, 5.41) is 9.07. The summed E-state index contributed by atoms with van der Waals surface area (Å²) in [7, 11) is 0. The number of nitrogens with zero attached hydrogens (tertiary/aromatic N) is 1. The lowest BCUT2D eigenvalue weighted by Crippen LogP contribution is -2.31. The number of aromatic carboxylic acids is 1. The van der Waals surface area contributed by atoms with Gasteiger partial charge in [0.25, 0.3) is 0 Å². The highest BCUT2D eigenvalue weighted by molar-refractivity contribution is 7.99. The first-order chi connectivity index (χ1) is 8.58. The summed E-state index contributed by atoms with van der Waals surface area (Å²) < 4.78 is 0. The Kier molecular flexibility index (Phi) is 4.17. The van der Waals surface area contributed by atoms with E-state index in [1.807, 2.05) is 23.9 Å². The second-order valence-electron chi connectivity index (χ2n) is 5.01. The Labute approximate surface area is 112 Å². The highest BCUT2D eigenvalue weighted by Gasteiger charge is 2.19. The van der Waals surface area contributed by atoms with Gasteiger partial charge >= 0.3 is 5.97 Å². The predicted molar refractivity (Wildman–Crippen MR) is 75.8 cm³/mol. The Morgan fingerprint density at radius 3 is 2.94 bits per heavy atom. The van der Waals surface area contributed by atoms with E-state index in [9.17, 15) is 4.79 Å². The van der Waals surface area contributed by atoms with Gasteiger partial charge in [0.15, 0.2) is 0 Å². The van der Waals surface area contributed by atoms with E-state index < -0.39 is 5.97 Å². The van der Waals surface area contributed by atoms with E-state index in [0.717, 1.165) is 31.0 Å². The van der Waals surface area contributed by atoms with E-state index in [2.05, 4.69) is 18.7 Å². The average molecular weight is 265 g/mol. The van der Waals surface area contributed by atoms with Crippen LogP contribution in [0.2, 0.25) is 0 Å². The van der Waals surface area contributed by atoms with Gasteiger partial charge in [0, 0.05) is 23.7 Å². The van der Waals surface area contributed by atoms with Crippen LogP contribution in [0.4, 0.5) is 5.69 Å². The molecule has 1 heterocycles.